The van der Waals surface area contributed by atoms with E-state index in [0.29, 0.717) is 12.8 Å². The Morgan fingerprint density at radius 2 is 1.81 bits per heavy atom. The van der Waals surface area contributed by atoms with Gasteiger partial charge in [0.05, 0.1) is 0 Å². The summed E-state index contributed by atoms with van der Waals surface area (Å²) in [6, 6.07) is 0. The van der Waals surface area contributed by atoms with E-state index in [-0.39, 0.29) is 5.57 Å². The fourth-order valence-corrected chi connectivity index (χ4v) is 1.64. The van der Waals surface area contributed by atoms with Gasteiger partial charge in [-0.2, -0.15) is 13.2 Å². The standard InChI is InChI=1S/C15H20F3NO2/c1-4-8-14(21,9-5-2)10-7-12(6-3)11-19-13(20)15(16,17)18/h6,11,21H,3-5,8-9H2,1-2H3,(H,19,20)/b12-11+. The third kappa shape index (κ3) is 7.57. The van der Waals surface area contributed by atoms with Gasteiger partial charge in [-0.15, -0.1) is 0 Å². The molecule has 0 aromatic rings. The second kappa shape index (κ2) is 8.53. The molecule has 0 aromatic heterocycles. The molecule has 0 rings (SSSR count). The molecule has 3 nitrogen and oxygen atoms in total. The third-order valence-electron chi connectivity index (χ3n) is 2.60. The van der Waals surface area contributed by atoms with Gasteiger partial charge < -0.3 is 10.4 Å². The van der Waals surface area contributed by atoms with Gasteiger partial charge in [-0.1, -0.05) is 51.2 Å². The van der Waals surface area contributed by atoms with Crippen molar-refractivity contribution in [2.45, 2.75) is 51.3 Å². The van der Waals surface area contributed by atoms with Crippen molar-refractivity contribution in [3.8, 4) is 11.8 Å². The van der Waals surface area contributed by atoms with Crippen LogP contribution >= 0.6 is 0 Å². The van der Waals surface area contributed by atoms with E-state index in [0.717, 1.165) is 19.0 Å². The molecule has 0 saturated carbocycles. The quantitative estimate of drug-likeness (QED) is 0.585. The first-order chi connectivity index (χ1) is 9.68. The van der Waals surface area contributed by atoms with Crippen molar-refractivity contribution in [2.24, 2.45) is 0 Å². The molecular weight excluding hydrogens is 283 g/mol. The predicted octanol–water partition coefficient (Wildman–Crippen LogP) is 3.07. The number of hydrogen-bond donors (Lipinski definition) is 2. The lowest BCUT2D eigenvalue weighted by molar-refractivity contribution is -0.172. The van der Waals surface area contributed by atoms with E-state index in [1.54, 1.807) is 5.32 Å². The smallest absolute Gasteiger partial charge is 0.378 e. The molecule has 0 spiro atoms. The highest BCUT2D eigenvalue weighted by atomic mass is 19.4. The van der Waals surface area contributed by atoms with Crippen molar-refractivity contribution in [1.29, 1.82) is 0 Å². The third-order valence-corrected chi connectivity index (χ3v) is 2.60. The number of rotatable bonds is 6. The van der Waals surface area contributed by atoms with E-state index in [1.807, 2.05) is 13.8 Å². The van der Waals surface area contributed by atoms with Gasteiger partial charge in [-0.05, 0) is 12.8 Å². The highest BCUT2D eigenvalue weighted by molar-refractivity contribution is 5.82. The normalized spacial score (nSPS) is 12.4. The molecule has 0 aliphatic heterocycles. The minimum absolute atomic E-state index is 0.0956. The van der Waals surface area contributed by atoms with Gasteiger partial charge in [-0.3, -0.25) is 4.79 Å². The fourth-order valence-electron chi connectivity index (χ4n) is 1.64. The zero-order chi connectivity index (χ0) is 16.5. The summed E-state index contributed by atoms with van der Waals surface area (Å²) in [5.41, 5.74) is -1.09. The molecule has 2 N–H and O–H groups in total. The van der Waals surface area contributed by atoms with E-state index in [2.05, 4.69) is 18.4 Å². The largest absolute Gasteiger partial charge is 0.471 e. The maximum atomic E-state index is 12.0. The van der Waals surface area contributed by atoms with Gasteiger partial charge in [0.15, 0.2) is 0 Å². The highest BCUT2D eigenvalue weighted by Crippen LogP contribution is 2.18. The topological polar surface area (TPSA) is 49.3 Å². The van der Waals surface area contributed by atoms with Crippen molar-refractivity contribution in [3.63, 3.8) is 0 Å². The number of carbonyl (C=O) groups excluding carboxylic acids is 1. The molecule has 1 amide bonds. The second-order valence-corrected chi connectivity index (χ2v) is 4.56. The zero-order valence-corrected chi connectivity index (χ0v) is 12.2. The van der Waals surface area contributed by atoms with Gasteiger partial charge >= 0.3 is 12.1 Å². The summed E-state index contributed by atoms with van der Waals surface area (Å²) >= 11 is 0. The molecule has 0 unspecified atom stereocenters. The summed E-state index contributed by atoms with van der Waals surface area (Å²) in [6.07, 6.45) is -0.538. The number of amides is 1. The molecule has 6 heteroatoms. The van der Waals surface area contributed by atoms with Crippen LogP contribution in [0.25, 0.3) is 0 Å². The van der Waals surface area contributed by atoms with Crippen LogP contribution in [-0.4, -0.2) is 22.8 Å². The van der Waals surface area contributed by atoms with E-state index >= 15 is 0 Å². The molecule has 0 bridgehead atoms. The number of aliphatic hydroxyl groups is 1. The molecule has 0 heterocycles. The first-order valence-corrected chi connectivity index (χ1v) is 6.64. The van der Waals surface area contributed by atoms with Crippen molar-refractivity contribution >= 4 is 5.91 Å². The lowest BCUT2D eigenvalue weighted by Crippen LogP contribution is -2.33. The van der Waals surface area contributed by atoms with Crippen LogP contribution in [-0.2, 0) is 4.79 Å². The molecule has 0 saturated heterocycles. The van der Waals surface area contributed by atoms with E-state index in [4.69, 9.17) is 0 Å². The van der Waals surface area contributed by atoms with Crippen molar-refractivity contribution in [1.82, 2.24) is 5.32 Å². The summed E-state index contributed by atoms with van der Waals surface area (Å²) in [7, 11) is 0. The highest BCUT2D eigenvalue weighted by Gasteiger charge is 2.38. The van der Waals surface area contributed by atoms with E-state index in [9.17, 15) is 23.1 Å². The minimum Gasteiger partial charge on any atom is -0.378 e. The van der Waals surface area contributed by atoms with Gasteiger partial charge in [0.1, 0.15) is 5.60 Å². The molecule has 0 aliphatic rings. The van der Waals surface area contributed by atoms with Gasteiger partial charge in [0.25, 0.3) is 0 Å². The number of allylic oxidation sites excluding steroid dienone is 2. The predicted molar refractivity (Wildman–Crippen MR) is 75.0 cm³/mol. The summed E-state index contributed by atoms with van der Waals surface area (Å²) in [5, 5.41) is 11.9. The monoisotopic (exact) mass is 303 g/mol. The number of carbonyl (C=O) groups is 1. The molecule has 0 aromatic carbocycles. The molecular formula is C15H20F3NO2. The van der Waals surface area contributed by atoms with Gasteiger partial charge in [0.2, 0.25) is 0 Å². The number of hydrogen-bond acceptors (Lipinski definition) is 2. The molecule has 21 heavy (non-hydrogen) atoms. The molecule has 0 atom stereocenters. The van der Waals surface area contributed by atoms with Crippen LogP contribution in [0.2, 0.25) is 0 Å². The SMILES string of the molecule is C=C/C(C#CC(O)(CCC)CCC)=C\NC(=O)C(F)(F)F. The minimum atomic E-state index is -4.96. The molecule has 118 valence electrons. The van der Waals surface area contributed by atoms with Crippen molar-refractivity contribution < 1.29 is 23.1 Å². The second-order valence-electron chi connectivity index (χ2n) is 4.56. The maximum Gasteiger partial charge on any atom is 0.471 e. The van der Waals surface area contributed by atoms with Crippen molar-refractivity contribution in [3.05, 3.63) is 24.4 Å². The molecule has 0 radical (unpaired) electrons. The Balaban J connectivity index is 5.03. The lowest BCUT2D eigenvalue weighted by Gasteiger charge is -2.20. The fraction of sp³-hybridized carbons (Fsp3) is 0.533. The molecule has 0 aliphatic carbocycles. The molecule has 0 fully saturated rings. The van der Waals surface area contributed by atoms with Crippen LogP contribution in [0.4, 0.5) is 13.2 Å². The van der Waals surface area contributed by atoms with Crippen LogP contribution in [0.5, 0.6) is 0 Å². The average molecular weight is 303 g/mol. The zero-order valence-electron chi connectivity index (χ0n) is 12.2. The van der Waals surface area contributed by atoms with Crippen LogP contribution < -0.4 is 5.32 Å². The Labute approximate surface area is 122 Å². The maximum absolute atomic E-state index is 12.0. The number of nitrogens with one attached hydrogen (secondary N) is 1. The lowest BCUT2D eigenvalue weighted by atomic mass is 9.93. The Morgan fingerprint density at radius 3 is 2.19 bits per heavy atom. The number of halogens is 3. The summed E-state index contributed by atoms with van der Waals surface area (Å²) < 4.78 is 36.1. The van der Waals surface area contributed by atoms with Crippen LogP contribution in [0, 0.1) is 11.8 Å². The first-order valence-electron chi connectivity index (χ1n) is 6.64. The Kier molecular flexibility index (Phi) is 7.82. The number of alkyl halides is 3. The Morgan fingerprint density at radius 1 is 1.29 bits per heavy atom. The van der Waals surface area contributed by atoms with Gasteiger partial charge in [0, 0.05) is 11.8 Å². The van der Waals surface area contributed by atoms with Crippen LogP contribution in [0.15, 0.2) is 24.4 Å². The Bertz CT molecular complexity index is 450. The average Bonchev–Trinajstić information content (AvgIpc) is 2.38. The van der Waals surface area contributed by atoms with Crippen LogP contribution in [0.1, 0.15) is 39.5 Å². The van der Waals surface area contributed by atoms with E-state index in [1.165, 1.54) is 6.08 Å². The van der Waals surface area contributed by atoms with Crippen LogP contribution in [0.3, 0.4) is 0 Å². The summed E-state index contributed by atoms with van der Waals surface area (Å²) in [5.74, 6) is 3.11. The van der Waals surface area contributed by atoms with E-state index < -0.39 is 17.7 Å². The Hall–Kier alpha value is -1.74. The van der Waals surface area contributed by atoms with Gasteiger partial charge in [-0.25, -0.2) is 0 Å². The van der Waals surface area contributed by atoms with Crippen molar-refractivity contribution in [2.75, 3.05) is 0 Å². The summed E-state index contributed by atoms with van der Waals surface area (Å²) in [6.45, 7) is 7.21. The summed E-state index contributed by atoms with van der Waals surface area (Å²) in [4.78, 5) is 10.7. The first kappa shape index (κ1) is 19.3.